The SMILES string of the molecule is COc1ccc(CCCCOc2ccc(-c3ccc4c(c3)N(C(=O)Nc3nc5ccccc5s3)CCC4)nc2C(=O)O)cc1. The highest BCUT2D eigenvalue weighted by Crippen LogP contribution is 2.34. The number of pyridine rings is 1. The summed E-state index contributed by atoms with van der Waals surface area (Å²) in [5, 5.41) is 13.4. The number of thiazole rings is 1. The summed E-state index contributed by atoms with van der Waals surface area (Å²) in [6.07, 6.45) is 4.25. The molecular formula is C34H32N4O5S. The highest BCUT2D eigenvalue weighted by Gasteiger charge is 2.25. The first-order valence-electron chi connectivity index (χ1n) is 14.6. The molecule has 1 aliphatic heterocycles. The molecule has 1 aliphatic rings. The van der Waals surface area contributed by atoms with Gasteiger partial charge in [0.2, 0.25) is 0 Å². The van der Waals surface area contributed by atoms with Gasteiger partial charge in [0.05, 0.1) is 29.6 Å². The van der Waals surface area contributed by atoms with Gasteiger partial charge in [0, 0.05) is 17.8 Å². The van der Waals surface area contributed by atoms with E-state index in [0.717, 1.165) is 64.9 Å². The predicted octanol–water partition coefficient (Wildman–Crippen LogP) is 7.45. The third-order valence-electron chi connectivity index (χ3n) is 7.59. The number of hydrogen-bond acceptors (Lipinski definition) is 7. The van der Waals surface area contributed by atoms with Crippen molar-refractivity contribution in [2.75, 3.05) is 30.5 Å². The van der Waals surface area contributed by atoms with Crippen molar-refractivity contribution in [3.8, 4) is 22.8 Å². The Morgan fingerprint density at radius 1 is 1.00 bits per heavy atom. The molecule has 9 nitrogen and oxygen atoms in total. The molecule has 0 bridgehead atoms. The number of aromatic nitrogens is 2. The molecule has 0 saturated heterocycles. The zero-order valence-corrected chi connectivity index (χ0v) is 25.1. The summed E-state index contributed by atoms with van der Waals surface area (Å²) in [5.41, 5.74) is 4.96. The van der Waals surface area contributed by atoms with Crippen molar-refractivity contribution in [2.45, 2.75) is 32.1 Å². The number of para-hydroxylation sites is 1. The number of urea groups is 1. The largest absolute Gasteiger partial charge is 0.497 e. The molecule has 0 saturated carbocycles. The van der Waals surface area contributed by atoms with Crippen LogP contribution < -0.4 is 19.7 Å². The van der Waals surface area contributed by atoms with E-state index in [2.05, 4.69) is 15.3 Å². The van der Waals surface area contributed by atoms with Gasteiger partial charge in [-0.25, -0.2) is 19.6 Å². The molecule has 0 spiro atoms. The van der Waals surface area contributed by atoms with Crippen LogP contribution in [0.5, 0.6) is 11.5 Å². The Kier molecular flexibility index (Phi) is 8.69. The average molecular weight is 609 g/mol. The molecule has 10 heteroatoms. The Morgan fingerprint density at radius 2 is 1.84 bits per heavy atom. The van der Waals surface area contributed by atoms with Gasteiger partial charge in [-0.05, 0) is 85.7 Å². The second-order valence-electron chi connectivity index (χ2n) is 10.5. The molecule has 0 aliphatic carbocycles. The molecular weight excluding hydrogens is 576 g/mol. The van der Waals surface area contributed by atoms with Gasteiger partial charge in [0.25, 0.3) is 0 Å². The summed E-state index contributed by atoms with van der Waals surface area (Å²) in [6, 6.07) is 24.7. The van der Waals surface area contributed by atoms with Gasteiger partial charge in [0.15, 0.2) is 16.6 Å². The molecule has 3 aromatic carbocycles. The fraction of sp³-hybridized carbons (Fsp3) is 0.235. The first-order valence-corrected chi connectivity index (χ1v) is 15.4. The quantitative estimate of drug-likeness (QED) is 0.158. The van der Waals surface area contributed by atoms with Gasteiger partial charge in [-0.3, -0.25) is 10.2 Å². The number of carboxylic acid groups (broad SMARTS) is 1. The maximum absolute atomic E-state index is 13.4. The van der Waals surface area contributed by atoms with E-state index in [1.807, 2.05) is 66.7 Å². The third kappa shape index (κ3) is 6.50. The van der Waals surface area contributed by atoms with Crippen molar-refractivity contribution < 1.29 is 24.2 Å². The molecule has 2 N–H and O–H groups in total. The number of carboxylic acids is 1. The number of aromatic carboxylic acids is 1. The monoisotopic (exact) mass is 608 g/mol. The van der Waals surface area contributed by atoms with Crippen LogP contribution in [0.4, 0.5) is 15.6 Å². The fourth-order valence-corrected chi connectivity index (χ4v) is 6.17. The van der Waals surface area contributed by atoms with E-state index in [0.29, 0.717) is 24.0 Å². The zero-order chi connectivity index (χ0) is 30.5. The Hall–Kier alpha value is -4.96. The van der Waals surface area contributed by atoms with Crippen molar-refractivity contribution in [1.29, 1.82) is 0 Å². The number of aryl methyl sites for hydroxylation is 2. The molecule has 0 fully saturated rings. The van der Waals surface area contributed by atoms with Crippen LogP contribution in [-0.2, 0) is 12.8 Å². The zero-order valence-electron chi connectivity index (χ0n) is 24.3. The first kappa shape index (κ1) is 29.1. The number of benzene rings is 3. The van der Waals surface area contributed by atoms with Crippen molar-refractivity contribution >= 4 is 44.4 Å². The summed E-state index contributed by atoms with van der Waals surface area (Å²) < 4.78 is 12.1. The van der Waals surface area contributed by atoms with Gasteiger partial charge in [-0.1, -0.05) is 47.7 Å². The van der Waals surface area contributed by atoms with E-state index in [-0.39, 0.29) is 17.5 Å². The molecule has 3 heterocycles. The number of amides is 2. The van der Waals surface area contributed by atoms with E-state index in [4.69, 9.17) is 9.47 Å². The number of unbranched alkanes of at least 4 members (excludes halogenated alkanes) is 1. The lowest BCUT2D eigenvalue weighted by Crippen LogP contribution is -2.38. The topological polar surface area (TPSA) is 114 Å². The third-order valence-corrected chi connectivity index (χ3v) is 8.54. The summed E-state index contributed by atoms with van der Waals surface area (Å²) in [7, 11) is 1.65. The minimum Gasteiger partial charge on any atom is -0.497 e. The number of nitrogens with one attached hydrogen (secondary N) is 1. The number of anilines is 2. The number of hydrogen-bond donors (Lipinski definition) is 2. The molecule has 2 aromatic heterocycles. The van der Waals surface area contributed by atoms with Crippen LogP contribution in [0.15, 0.2) is 78.9 Å². The normalized spacial score (nSPS) is 12.5. The summed E-state index contributed by atoms with van der Waals surface area (Å²) in [6.45, 7) is 0.946. The molecule has 0 radical (unpaired) electrons. The van der Waals surface area contributed by atoms with E-state index in [1.54, 1.807) is 24.1 Å². The number of fused-ring (bicyclic) bond motifs is 2. The maximum Gasteiger partial charge on any atom is 0.358 e. The average Bonchev–Trinajstić information content (AvgIpc) is 3.46. The number of nitrogens with zero attached hydrogens (tertiary/aromatic N) is 3. The lowest BCUT2D eigenvalue weighted by molar-refractivity contribution is 0.0685. The molecule has 6 rings (SSSR count). The second kappa shape index (κ2) is 13.1. The summed E-state index contributed by atoms with van der Waals surface area (Å²) in [4.78, 5) is 36.2. The first-order chi connectivity index (χ1) is 21.5. The van der Waals surface area contributed by atoms with Gasteiger partial charge in [0.1, 0.15) is 5.75 Å². The van der Waals surface area contributed by atoms with Crippen LogP contribution in [0, 0.1) is 0 Å². The lowest BCUT2D eigenvalue weighted by Gasteiger charge is -2.29. The number of ether oxygens (including phenoxy) is 2. The fourth-order valence-electron chi connectivity index (χ4n) is 5.31. The van der Waals surface area contributed by atoms with E-state index in [1.165, 1.54) is 16.9 Å². The van der Waals surface area contributed by atoms with Crippen LogP contribution in [0.1, 0.15) is 40.9 Å². The molecule has 2 amide bonds. The lowest BCUT2D eigenvalue weighted by atomic mass is 9.98. The number of carbonyl (C=O) groups excluding carboxylic acids is 1. The highest BCUT2D eigenvalue weighted by molar-refractivity contribution is 7.22. The van der Waals surface area contributed by atoms with Gasteiger partial charge in [-0.2, -0.15) is 0 Å². The van der Waals surface area contributed by atoms with E-state index in [9.17, 15) is 14.7 Å². The van der Waals surface area contributed by atoms with Crippen molar-refractivity contribution in [1.82, 2.24) is 9.97 Å². The van der Waals surface area contributed by atoms with Crippen LogP contribution in [0.2, 0.25) is 0 Å². The molecule has 0 atom stereocenters. The van der Waals surface area contributed by atoms with Crippen LogP contribution in [0.3, 0.4) is 0 Å². The molecule has 0 unspecified atom stereocenters. The predicted molar refractivity (Wildman–Crippen MR) is 172 cm³/mol. The highest BCUT2D eigenvalue weighted by atomic mass is 32.1. The van der Waals surface area contributed by atoms with Gasteiger partial charge >= 0.3 is 12.0 Å². The molecule has 5 aromatic rings. The summed E-state index contributed by atoms with van der Waals surface area (Å²) in [5.74, 6) is -0.0941. The van der Waals surface area contributed by atoms with Gasteiger partial charge in [-0.15, -0.1) is 0 Å². The Labute approximate surface area is 259 Å². The van der Waals surface area contributed by atoms with Crippen molar-refractivity contribution in [3.63, 3.8) is 0 Å². The molecule has 44 heavy (non-hydrogen) atoms. The van der Waals surface area contributed by atoms with E-state index < -0.39 is 5.97 Å². The van der Waals surface area contributed by atoms with Crippen LogP contribution >= 0.6 is 11.3 Å². The van der Waals surface area contributed by atoms with E-state index >= 15 is 0 Å². The van der Waals surface area contributed by atoms with Gasteiger partial charge < -0.3 is 14.6 Å². The minimum absolute atomic E-state index is 0.138. The Bertz CT molecular complexity index is 1770. The van der Waals surface area contributed by atoms with Crippen molar-refractivity contribution in [3.05, 3.63) is 95.7 Å². The number of methoxy groups -OCH3 is 1. The summed E-state index contributed by atoms with van der Waals surface area (Å²) >= 11 is 1.43. The standard InChI is InChI=1S/C34H32N4O5S/c1-42-25-15-11-22(12-16-25)7-4-5-20-43-29-18-17-26(35-31(29)32(39)40)24-14-13-23-8-6-19-38(28(23)21-24)34(41)37-33-36-27-9-2-3-10-30(27)44-33/h2-3,9-18,21H,4-8,19-20H2,1H3,(H,39,40)(H,36,37,41). The van der Waals surface area contributed by atoms with Crippen LogP contribution in [-0.4, -0.2) is 47.3 Å². The van der Waals surface area contributed by atoms with Crippen molar-refractivity contribution in [2.24, 2.45) is 0 Å². The Balaban J connectivity index is 1.13. The van der Waals surface area contributed by atoms with Crippen LogP contribution in [0.25, 0.3) is 21.5 Å². The number of rotatable bonds is 10. The smallest absolute Gasteiger partial charge is 0.358 e. The second-order valence-corrected chi connectivity index (χ2v) is 11.5. The Morgan fingerprint density at radius 3 is 2.64 bits per heavy atom. The number of carbonyl (C=O) groups is 2. The maximum atomic E-state index is 13.4. The molecule has 224 valence electrons. The minimum atomic E-state index is -1.16.